The molecule has 0 saturated heterocycles. The fourth-order valence-corrected chi connectivity index (χ4v) is 4.78. The number of fused-ring (bicyclic) bond motifs is 1. The third kappa shape index (κ3) is 4.27. The molecule has 1 aromatic heterocycles. The van der Waals surface area contributed by atoms with Crippen molar-refractivity contribution in [2.75, 3.05) is 7.11 Å². The largest absolute Gasteiger partial charge is 0.467 e. The molecule has 32 heavy (non-hydrogen) atoms. The predicted molar refractivity (Wildman–Crippen MR) is 128 cm³/mol. The van der Waals surface area contributed by atoms with Gasteiger partial charge in [0.25, 0.3) is 5.91 Å². The fraction of sp³-hybridized carbons (Fsp3) is 0.192. The predicted octanol–water partition coefficient (Wildman–Crippen LogP) is 5.54. The van der Waals surface area contributed by atoms with E-state index in [4.69, 9.17) is 4.74 Å². The number of hydrogen-bond donors (Lipinski definition) is 0. The highest BCUT2D eigenvalue weighted by Gasteiger charge is 2.23. The van der Waals surface area contributed by atoms with E-state index in [1.165, 1.54) is 18.4 Å². The third-order valence-corrected chi connectivity index (χ3v) is 6.42. The van der Waals surface area contributed by atoms with Gasteiger partial charge in [-0.1, -0.05) is 72.4 Å². The Morgan fingerprint density at radius 2 is 1.72 bits per heavy atom. The number of aromatic nitrogens is 1. The molecule has 0 saturated carbocycles. The first kappa shape index (κ1) is 21.7. The Bertz CT molecular complexity index is 1340. The molecule has 1 unspecified atom stereocenters. The van der Waals surface area contributed by atoms with E-state index in [1.807, 2.05) is 60.9 Å². The maximum Gasteiger partial charge on any atom is 0.328 e. The van der Waals surface area contributed by atoms with Gasteiger partial charge >= 0.3 is 5.97 Å². The number of nitrogens with zero attached hydrogens (tertiary/aromatic N) is 2. The lowest BCUT2D eigenvalue weighted by Crippen LogP contribution is -2.28. The summed E-state index contributed by atoms with van der Waals surface area (Å²) in [4.78, 5) is 30.4. The summed E-state index contributed by atoms with van der Waals surface area (Å²) in [5.74, 6) is -0.697. The Kier molecular flexibility index (Phi) is 6.32. The molecule has 0 radical (unpaired) electrons. The summed E-state index contributed by atoms with van der Waals surface area (Å²) >= 11 is 1.40. The van der Waals surface area contributed by atoms with Crippen molar-refractivity contribution in [3.05, 3.63) is 88.7 Å². The van der Waals surface area contributed by atoms with E-state index in [-0.39, 0.29) is 11.9 Å². The number of amides is 1. The van der Waals surface area contributed by atoms with Gasteiger partial charge in [-0.2, -0.15) is 4.99 Å². The summed E-state index contributed by atoms with van der Waals surface area (Å²) in [5.41, 5.74) is 4.60. The van der Waals surface area contributed by atoms with Crippen LogP contribution in [-0.4, -0.2) is 23.6 Å². The molecule has 3 aromatic carbocycles. The standard InChI is InChI=1S/C26H24N2O3S/c1-4-21(25(30)31-3)28-22-15-14-20(18-8-6-5-7-9-18)16-23(22)32-26(28)27-24(29)19-12-10-17(2)11-13-19/h5-16,21H,4H2,1-3H3. The zero-order valence-electron chi connectivity index (χ0n) is 18.2. The van der Waals surface area contributed by atoms with Gasteiger partial charge in [0.05, 0.1) is 17.3 Å². The van der Waals surface area contributed by atoms with Gasteiger partial charge in [0.1, 0.15) is 6.04 Å². The number of ether oxygens (including phenoxy) is 1. The molecule has 4 rings (SSSR count). The van der Waals surface area contributed by atoms with Crippen LogP contribution in [0.15, 0.2) is 77.8 Å². The number of methoxy groups -OCH3 is 1. The molecule has 0 aliphatic rings. The number of aryl methyl sites for hydroxylation is 1. The first-order chi connectivity index (χ1) is 15.5. The minimum absolute atomic E-state index is 0.340. The van der Waals surface area contributed by atoms with E-state index in [9.17, 15) is 9.59 Å². The Morgan fingerprint density at radius 1 is 1.00 bits per heavy atom. The molecule has 0 bridgehead atoms. The smallest absolute Gasteiger partial charge is 0.328 e. The van der Waals surface area contributed by atoms with E-state index < -0.39 is 6.04 Å². The van der Waals surface area contributed by atoms with Crippen molar-refractivity contribution >= 4 is 33.4 Å². The van der Waals surface area contributed by atoms with Crippen molar-refractivity contribution in [1.29, 1.82) is 0 Å². The van der Waals surface area contributed by atoms with Crippen molar-refractivity contribution in [3.8, 4) is 11.1 Å². The van der Waals surface area contributed by atoms with Crippen LogP contribution in [0, 0.1) is 6.92 Å². The lowest BCUT2D eigenvalue weighted by molar-refractivity contribution is -0.144. The van der Waals surface area contributed by atoms with Crippen LogP contribution in [0.4, 0.5) is 0 Å². The molecule has 0 spiro atoms. The minimum Gasteiger partial charge on any atom is -0.467 e. The van der Waals surface area contributed by atoms with Crippen molar-refractivity contribution in [2.45, 2.75) is 26.3 Å². The van der Waals surface area contributed by atoms with Crippen LogP contribution in [0.5, 0.6) is 0 Å². The monoisotopic (exact) mass is 444 g/mol. The Balaban J connectivity index is 1.91. The van der Waals surface area contributed by atoms with E-state index in [0.29, 0.717) is 16.8 Å². The van der Waals surface area contributed by atoms with Crippen LogP contribution in [-0.2, 0) is 9.53 Å². The fourth-order valence-electron chi connectivity index (χ4n) is 3.67. The van der Waals surface area contributed by atoms with E-state index in [0.717, 1.165) is 26.9 Å². The molecule has 1 amide bonds. The molecule has 0 N–H and O–H groups in total. The second kappa shape index (κ2) is 9.32. The van der Waals surface area contributed by atoms with Crippen LogP contribution < -0.4 is 4.80 Å². The lowest BCUT2D eigenvalue weighted by Gasteiger charge is -2.15. The van der Waals surface area contributed by atoms with Crippen molar-refractivity contribution in [2.24, 2.45) is 4.99 Å². The van der Waals surface area contributed by atoms with Gasteiger partial charge < -0.3 is 9.30 Å². The van der Waals surface area contributed by atoms with Crippen LogP contribution in [0.1, 0.15) is 35.3 Å². The highest BCUT2D eigenvalue weighted by Crippen LogP contribution is 2.28. The molecule has 1 heterocycles. The summed E-state index contributed by atoms with van der Waals surface area (Å²) in [6.07, 6.45) is 0.519. The summed E-state index contributed by atoms with van der Waals surface area (Å²) < 4.78 is 7.82. The second-order valence-corrected chi connectivity index (χ2v) is 8.54. The molecule has 4 aromatic rings. The number of hydrogen-bond acceptors (Lipinski definition) is 4. The average Bonchev–Trinajstić information content (AvgIpc) is 3.17. The first-order valence-corrected chi connectivity index (χ1v) is 11.3. The Morgan fingerprint density at radius 3 is 2.38 bits per heavy atom. The highest BCUT2D eigenvalue weighted by atomic mass is 32.1. The number of rotatable bonds is 5. The molecule has 0 aliphatic carbocycles. The molecule has 6 heteroatoms. The zero-order chi connectivity index (χ0) is 22.7. The van der Waals surface area contributed by atoms with Gasteiger partial charge in [0, 0.05) is 5.56 Å². The maximum absolute atomic E-state index is 12.9. The van der Waals surface area contributed by atoms with Crippen molar-refractivity contribution < 1.29 is 14.3 Å². The highest BCUT2D eigenvalue weighted by molar-refractivity contribution is 7.16. The Labute approximate surface area is 190 Å². The molecule has 0 aliphatic heterocycles. The topological polar surface area (TPSA) is 60.7 Å². The van der Waals surface area contributed by atoms with Crippen LogP contribution in [0.3, 0.4) is 0 Å². The zero-order valence-corrected chi connectivity index (χ0v) is 19.1. The van der Waals surface area contributed by atoms with Crippen molar-refractivity contribution in [3.63, 3.8) is 0 Å². The van der Waals surface area contributed by atoms with Crippen LogP contribution in [0.2, 0.25) is 0 Å². The van der Waals surface area contributed by atoms with Crippen LogP contribution in [0.25, 0.3) is 21.3 Å². The maximum atomic E-state index is 12.9. The number of esters is 1. The SMILES string of the molecule is CCC(C(=O)OC)n1c(=NC(=O)c2ccc(C)cc2)sc2cc(-c3ccccc3)ccc21. The van der Waals surface area contributed by atoms with Crippen molar-refractivity contribution in [1.82, 2.24) is 4.57 Å². The quantitative estimate of drug-likeness (QED) is 0.380. The molecule has 5 nitrogen and oxygen atoms in total. The summed E-state index contributed by atoms with van der Waals surface area (Å²) in [7, 11) is 1.38. The molecule has 0 fully saturated rings. The number of thiazole rings is 1. The summed E-state index contributed by atoms with van der Waals surface area (Å²) in [6, 6.07) is 22.9. The second-order valence-electron chi connectivity index (χ2n) is 7.53. The minimum atomic E-state index is -0.569. The normalized spacial score (nSPS) is 12.7. The van der Waals surface area contributed by atoms with Gasteiger partial charge in [-0.05, 0) is 48.7 Å². The van der Waals surface area contributed by atoms with E-state index in [1.54, 1.807) is 12.1 Å². The van der Waals surface area contributed by atoms with Gasteiger partial charge in [-0.3, -0.25) is 4.79 Å². The third-order valence-electron chi connectivity index (χ3n) is 5.40. The average molecular weight is 445 g/mol. The van der Waals surface area contributed by atoms with E-state index in [2.05, 4.69) is 23.2 Å². The first-order valence-electron chi connectivity index (χ1n) is 10.5. The summed E-state index contributed by atoms with van der Waals surface area (Å²) in [5, 5.41) is 0. The number of carbonyl (C=O) groups is 2. The number of benzene rings is 3. The Hall–Kier alpha value is -3.51. The van der Waals surface area contributed by atoms with Gasteiger partial charge in [0.15, 0.2) is 4.80 Å². The summed E-state index contributed by atoms with van der Waals surface area (Å²) in [6.45, 7) is 3.89. The lowest BCUT2D eigenvalue weighted by atomic mass is 10.1. The van der Waals surface area contributed by atoms with Gasteiger partial charge in [0.2, 0.25) is 0 Å². The van der Waals surface area contributed by atoms with Gasteiger partial charge in [-0.15, -0.1) is 0 Å². The van der Waals surface area contributed by atoms with Crippen LogP contribution >= 0.6 is 11.3 Å². The number of carbonyl (C=O) groups excluding carboxylic acids is 2. The van der Waals surface area contributed by atoms with E-state index >= 15 is 0 Å². The molecule has 1 atom stereocenters. The van der Waals surface area contributed by atoms with Gasteiger partial charge in [-0.25, -0.2) is 4.79 Å². The molecular weight excluding hydrogens is 420 g/mol. The molecule has 162 valence electrons. The molecular formula is C26H24N2O3S.